The van der Waals surface area contributed by atoms with Crippen LogP contribution in [0.1, 0.15) is 48.0 Å². The zero-order valence-corrected chi connectivity index (χ0v) is 15.9. The van der Waals surface area contributed by atoms with Crippen molar-refractivity contribution in [3.05, 3.63) is 0 Å². The number of carbonyl (C=O) groups is 3. The topological polar surface area (TPSA) is 116 Å². The first-order chi connectivity index (χ1) is 11.2. The summed E-state index contributed by atoms with van der Waals surface area (Å²) in [7, 11) is -3.72. The van der Waals surface area contributed by atoms with Crippen molar-refractivity contribution in [1.29, 1.82) is 0 Å². The van der Waals surface area contributed by atoms with E-state index in [1.54, 1.807) is 13.8 Å². The van der Waals surface area contributed by atoms with E-state index in [2.05, 4.69) is 0 Å². The Bertz CT molecular complexity index is 709. The maximum absolute atomic E-state index is 12.6. The van der Waals surface area contributed by atoms with Crippen LogP contribution < -0.4 is 0 Å². The third kappa shape index (κ3) is 3.19. The smallest absolute Gasteiger partial charge is 0.431 e. The molecular formula is C15H23NO8S. The standard InChI is InChI=1S/C15H23NO8S/c1-8(2)22-13(19)24-15(5,6)23-12(18)11-14(3,4)25(20,21)10-7-9(17)16(10)11/h8,10-11H,7H2,1-6H3/t10-,11+/m1/s1. The van der Waals surface area contributed by atoms with Crippen LogP contribution in [0.2, 0.25) is 0 Å². The molecular weight excluding hydrogens is 354 g/mol. The molecule has 2 atom stereocenters. The van der Waals surface area contributed by atoms with E-state index in [0.29, 0.717) is 0 Å². The van der Waals surface area contributed by atoms with Crippen molar-refractivity contribution >= 4 is 27.9 Å². The van der Waals surface area contributed by atoms with Crippen LogP contribution in [0.25, 0.3) is 0 Å². The molecule has 0 aromatic heterocycles. The van der Waals surface area contributed by atoms with Crippen LogP contribution in [0.3, 0.4) is 0 Å². The fraction of sp³-hybridized carbons (Fsp3) is 0.800. The van der Waals surface area contributed by atoms with Gasteiger partial charge in [0.2, 0.25) is 5.91 Å². The van der Waals surface area contributed by atoms with E-state index in [1.807, 2.05) is 0 Å². The van der Waals surface area contributed by atoms with Crippen molar-refractivity contribution in [3.8, 4) is 0 Å². The highest BCUT2D eigenvalue weighted by molar-refractivity contribution is 7.93. The first-order valence-electron chi connectivity index (χ1n) is 7.88. The number of amides is 1. The zero-order valence-electron chi connectivity index (χ0n) is 15.1. The number of esters is 1. The Balaban J connectivity index is 2.17. The van der Waals surface area contributed by atoms with Gasteiger partial charge < -0.3 is 19.1 Å². The average molecular weight is 377 g/mol. The molecule has 2 fully saturated rings. The first-order valence-corrected chi connectivity index (χ1v) is 9.42. The first kappa shape index (κ1) is 19.5. The predicted octanol–water partition coefficient (Wildman–Crippen LogP) is 0.961. The van der Waals surface area contributed by atoms with E-state index in [4.69, 9.17) is 14.2 Å². The number of hydrogen-bond donors (Lipinski definition) is 0. The normalized spacial score (nSPS) is 26.7. The van der Waals surface area contributed by atoms with Gasteiger partial charge in [0, 0.05) is 13.8 Å². The molecule has 0 aliphatic carbocycles. The molecule has 2 heterocycles. The van der Waals surface area contributed by atoms with Crippen LogP contribution in [0, 0.1) is 0 Å². The number of rotatable bonds is 4. The Labute approximate surface area is 146 Å². The zero-order chi connectivity index (χ0) is 19.4. The van der Waals surface area contributed by atoms with Gasteiger partial charge >= 0.3 is 12.1 Å². The number of carbonyl (C=O) groups excluding carboxylic acids is 3. The molecule has 2 aliphatic heterocycles. The summed E-state index contributed by atoms with van der Waals surface area (Å²) < 4.78 is 38.4. The van der Waals surface area contributed by atoms with Crippen molar-refractivity contribution in [2.24, 2.45) is 0 Å². The highest BCUT2D eigenvalue weighted by atomic mass is 32.2. The average Bonchev–Trinajstić information content (AvgIpc) is 2.50. The molecule has 2 aliphatic rings. The summed E-state index contributed by atoms with van der Waals surface area (Å²) >= 11 is 0. The number of nitrogens with zero attached hydrogens (tertiary/aromatic N) is 1. The maximum Gasteiger partial charge on any atom is 0.511 e. The van der Waals surface area contributed by atoms with Gasteiger partial charge in [0.25, 0.3) is 5.79 Å². The van der Waals surface area contributed by atoms with Crippen LogP contribution in [-0.2, 0) is 33.6 Å². The van der Waals surface area contributed by atoms with Crippen molar-refractivity contribution in [2.75, 3.05) is 0 Å². The second-order valence-corrected chi connectivity index (χ2v) is 10.0. The lowest BCUT2D eigenvalue weighted by molar-refractivity contribution is -0.209. The highest BCUT2D eigenvalue weighted by Crippen LogP contribution is 2.46. The van der Waals surface area contributed by atoms with Gasteiger partial charge in [0.05, 0.1) is 17.3 Å². The second kappa shape index (κ2) is 5.86. The summed E-state index contributed by atoms with van der Waals surface area (Å²) in [5.74, 6) is -3.07. The summed E-state index contributed by atoms with van der Waals surface area (Å²) in [5, 5.41) is -1.01. The Hall–Kier alpha value is -1.84. The van der Waals surface area contributed by atoms with Gasteiger partial charge in [-0.3, -0.25) is 4.79 Å². The number of sulfone groups is 1. The quantitative estimate of drug-likeness (QED) is 0.404. The third-order valence-electron chi connectivity index (χ3n) is 4.21. The van der Waals surface area contributed by atoms with Gasteiger partial charge in [-0.1, -0.05) is 0 Å². The van der Waals surface area contributed by atoms with Crippen molar-refractivity contribution in [2.45, 2.75) is 76.0 Å². The molecule has 142 valence electrons. The van der Waals surface area contributed by atoms with E-state index in [1.165, 1.54) is 27.7 Å². The van der Waals surface area contributed by atoms with Gasteiger partial charge in [-0.05, 0) is 27.7 Å². The molecule has 25 heavy (non-hydrogen) atoms. The Morgan fingerprint density at radius 1 is 1.24 bits per heavy atom. The number of ether oxygens (including phenoxy) is 3. The minimum absolute atomic E-state index is 0.143. The van der Waals surface area contributed by atoms with Gasteiger partial charge in [-0.2, -0.15) is 0 Å². The molecule has 9 nitrogen and oxygen atoms in total. The lowest BCUT2D eigenvalue weighted by Gasteiger charge is -2.37. The Morgan fingerprint density at radius 2 is 1.80 bits per heavy atom. The largest absolute Gasteiger partial charge is 0.511 e. The summed E-state index contributed by atoms with van der Waals surface area (Å²) in [6.45, 7) is 8.64. The lowest BCUT2D eigenvalue weighted by atomic mass is 9.98. The number of hydrogen-bond acceptors (Lipinski definition) is 8. The van der Waals surface area contributed by atoms with Crippen LogP contribution in [-0.4, -0.2) is 59.4 Å². The fourth-order valence-electron chi connectivity index (χ4n) is 2.95. The van der Waals surface area contributed by atoms with E-state index in [0.717, 1.165) is 4.90 Å². The van der Waals surface area contributed by atoms with Gasteiger partial charge in [-0.15, -0.1) is 0 Å². The second-order valence-electron chi connectivity index (χ2n) is 7.35. The molecule has 0 bridgehead atoms. The Morgan fingerprint density at radius 3 is 2.28 bits per heavy atom. The van der Waals surface area contributed by atoms with Gasteiger partial charge in [-0.25, -0.2) is 18.0 Å². The predicted molar refractivity (Wildman–Crippen MR) is 84.9 cm³/mol. The van der Waals surface area contributed by atoms with E-state index in [-0.39, 0.29) is 6.42 Å². The third-order valence-corrected chi connectivity index (χ3v) is 7.01. The molecule has 0 unspecified atom stereocenters. The van der Waals surface area contributed by atoms with Crippen LogP contribution >= 0.6 is 0 Å². The van der Waals surface area contributed by atoms with Crippen molar-refractivity contribution in [3.63, 3.8) is 0 Å². The molecule has 0 radical (unpaired) electrons. The summed E-state index contributed by atoms with van der Waals surface area (Å²) in [4.78, 5) is 37.0. The molecule has 0 spiro atoms. The molecule has 10 heteroatoms. The molecule has 0 saturated carbocycles. The molecule has 0 aromatic rings. The maximum atomic E-state index is 12.6. The fourth-order valence-corrected chi connectivity index (χ4v) is 5.07. The van der Waals surface area contributed by atoms with Gasteiger partial charge in [0.1, 0.15) is 11.4 Å². The van der Waals surface area contributed by atoms with E-state index in [9.17, 15) is 22.8 Å². The number of fused-ring (bicyclic) bond motifs is 1. The lowest BCUT2D eigenvalue weighted by Crippen LogP contribution is -2.58. The van der Waals surface area contributed by atoms with Crippen LogP contribution in [0.15, 0.2) is 0 Å². The summed E-state index contributed by atoms with van der Waals surface area (Å²) in [5.41, 5.74) is 0. The summed E-state index contributed by atoms with van der Waals surface area (Å²) in [6, 6.07) is -1.30. The summed E-state index contributed by atoms with van der Waals surface area (Å²) in [6.07, 6.45) is -1.59. The van der Waals surface area contributed by atoms with Crippen molar-refractivity contribution < 1.29 is 37.0 Å². The molecule has 0 N–H and O–H groups in total. The monoisotopic (exact) mass is 377 g/mol. The van der Waals surface area contributed by atoms with Crippen LogP contribution in [0.5, 0.6) is 0 Å². The van der Waals surface area contributed by atoms with Gasteiger partial charge in [0.15, 0.2) is 9.84 Å². The van der Waals surface area contributed by atoms with E-state index < -0.39 is 55.9 Å². The minimum atomic E-state index is -3.72. The Kier molecular flexibility index (Phi) is 4.56. The minimum Gasteiger partial charge on any atom is -0.431 e. The van der Waals surface area contributed by atoms with Crippen molar-refractivity contribution in [1.82, 2.24) is 4.90 Å². The highest BCUT2D eigenvalue weighted by Gasteiger charge is 2.68. The van der Waals surface area contributed by atoms with E-state index >= 15 is 0 Å². The molecule has 1 amide bonds. The SMILES string of the molecule is CC(C)OC(=O)OC(C)(C)OC(=O)[C@@H]1N2C(=O)C[C@H]2S(=O)(=O)C1(C)C. The molecule has 0 aromatic carbocycles. The molecule has 2 rings (SSSR count). The molecule has 2 saturated heterocycles. The van der Waals surface area contributed by atoms with Crippen LogP contribution in [0.4, 0.5) is 4.79 Å². The number of β-lactam (4-membered cyclic amide) rings is 1.